The quantitative estimate of drug-likeness (QED) is 0.420. The molecular weight excluding hydrogens is 436 g/mol. The van der Waals surface area contributed by atoms with Gasteiger partial charge in [-0.25, -0.2) is 4.98 Å². The van der Waals surface area contributed by atoms with Crippen LogP contribution in [-0.4, -0.2) is 53.1 Å². The lowest BCUT2D eigenvalue weighted by molar-refractivity contribution is -0.118. The molecule has 172 valence electrons. The van der Waals surface area contributed by atoms with Crippen LogP contribution in [0.25, 0.3) is 11.5 Å². The molecule has 0 aliphatic heterocycles. The first-order valence-electron chi connectivity index (χ1n) is 10.4. The number of hydrogen-bond acceptors (Lipinski definition) is 7. The van der Waals surface area contributed by atoms with E-state index >= 15 is 0 Å². The number of nitrogens with one attached hydrogen (secondary N) is 1. The molecule has 1 atom stereocenters. The number of carbonyl (C=O) groups excluding carboxylic acids is 1. The predicted octanol–water partition coefficient (Wildman–Crippen LogP) is 3.96. The first-order chi connectivity index (χ1) is 15.0. The minimum absolute atomic E-state index is 0.0407. The zero-order chi connectivity index (χ0) is 22.6. The summed E-state index contributed by atoms with van der Waals surface area (Å²) in [6, 6.07) is 5.37. The molecule has 0 saturated carbocycles. The molecule has 9 heteroatoms. The fraction of sp³-hybridized carbons (Fsp3) is 0.545. The maximum absolute atomic E-state index is 12.4. The van der Waals surface area contributed by atoms with Crippen molar-refractivity contribution in [2.24, 2.45) is 0 Å². The van der Waals surface area contributed by atoms with Crippen molar-refractivity contribution in [1.29, 1.82) is 0 Å². The zero-order valence-electron chi connectivity index (χ0n) is 18.7. The molecular formula is C22H32N2O5S2. The number of benzene rings is 1. The van der Waals surface area contributed by atoms with Gasteiger partial charge < -0.3 is 19.2 Å². The molecule has 0 fully saturated rings. The number of hydrogen-bond donors (Lipinski definition) is 1. The molecule has 0 radical (unpaired) electrons. The SMILES string of the molecule is CCCCSCCCNC(=O)C[S@](=O)Cc1nc(-c2ccc(OC)c(OC)c2)oc1C. The number of carbonyl (C=O) groups is 1. The van der Waals surface area contributed by atoms with Gasteiger partial charge in [0.2, 0.25) is 11.8 Å². The standard InChI is InChI=1S/C22H32N2O5S2/c1-5-6-11-30-12-7-10-23-21(25)15-31(26)14-18-16(2)29-22(24-18)17-8-9-19(27-3)20(13-17)28-4/h8-9,13H,5-7,10-12,14-15H2,1-4H3,(H,23,25)/t31-/m1/s1. The summed E-state index contributed by atoms with van der Waals surface area (Å²) in [6.45, 7) is 4.57. The minimum atomic E-state index is -1.36. The third kappa shape index (κ3) is 8.22. The fourth-order valence-electron chi connectivity index (χ4n) is 2.81. The number of rotatable bonds is 14. The summed E-state index contributed by atoms with van der Waals surface area (Å²) >= 11 is 1.91. The van der Waals surface area contributed by atoms with Crippen LogP contribution in [0.2, 0.25) is 0 Å². The van der Waals surface area contributed by atoms with Crippen LogP contribution < -0.4 is 14.8 Å². The molecule has 0 spiro atoms. The van der Waals surface area contributed by atoms with E-state index in [1.165, 1.54) is 12.8 Å². The largest absolute Gasteiger partial charge is 0.493 e. The fourth-order valence-corrected chi connectivity index (χ4v) is 4.92. The van der Waals surface area contributed by atoms with E-state index < -0.39 is 10.8 Å². The molecule has 1 aromatic heterocycles. The number of oxazole rings is 1. The monoisotopic (exact) mass is 468 g/mol. The van der Waals surface area contributed by atoms with E-state index in [1.54, 1.807) is 33.3 Å². The van der Waals surface area contributed by atoms with Crippen LogP contribution in [0.1, 0.15) is 37.6 Å². The van der Waals surface area contributed by atoms with Gasteiger partial charge in [0.15, 0.2) is 11.5 Å². The van der Waals surface area contributed by atoms with Crippen LogP contribution >= 0.6 is 11.8 Å². The molecule has 0 saturated heterocycles. The third-order valence-electron chi connectivity index (χ3n) is 4.54. The maximum atomic E-state index is 12.4. The Balaban J connectivity index is 1.85. The molecule has 1 amide bonds. The van der Waals surface area contributed by atoms with E-state index in [4.69, 9.17) is 13.9 Å². The van der Waals surface area contributed by atoms with Gasteiger partial charge >= 0.3 is 0 Å². The summed E-state index contributed by atoms with van der Waals surface area (Å²) < 4.78 is 28.8. The summed E-state index contributed by atoms with van der Waals surface area (Å²) in [5.74, 6) is 4.31. The van der Waals surface area contributed by atoms with Gasteiger partial charge in [-0.05, 0) is 49.5 Å². The maximum Gasteiger partial charge on any atom is 0.232 e. The molecule has 0 aliphatic rings. The second-order valence-electron chi connectivity index (χ2n) is 6.99. The number of thioether (sulfide) groups is 1. The van der Waals surface area contributed by atoms with Gasteiger partial charge in [0.1, 0.15) is 11.5 Å². The van der Waals surface area contributed by atoms with E-state index in [0.717, 1.165) is 23.5 Å². The molecule has 31 heavy (non-hydrogen) atoms. The molecule has 2 rings (SSSR count). The molecule has 1 heterocycles. The first-order valence-corrected chi connectivity index (χ1v) is 13.0. The number of amides is 1. The van der Waals surface area contributed by atoms with Crippen LogP contribution in [0.5, 0.6) is 11.5 Å². The van der Waals surface area contributed by atoms with Crippen molar-refractivity contribution < 1.29 is 22.9 Å². The van der Waals surface area contributed by atoms with E-state index in [9.17, 15) is 9.00 Å². The Hall–Kier alpha value is -2.00. The average molecular weight is 469 g/mol. The van der Waals surface area contributed by atoms with Crippen molar-refractivity contribution in [3.8, 4) is 23.0 Å². The van der Waals surface area contributed by atoms with Crippen LogP contribution in [0.3, 0.4) is 0 Å². The van der Waals surface area contributed by atoms with Crippen molar-refractivity contribution in [3.05, 3.63) is 29.7 Å². The normalized spacial score (nSPS) is 11.9. The van der Waals surface area contributed by atoms with Gasteiger partial charge in [0, 0.05) is 22.9 Å². The summed E-state index contributed by atoms with van der Waals surface area (Å²) in [4.78, 5) is 16.5. The smallest absolute Gasteiger partial charge is 0.232 e. The van der Waals surface area contributed by atoms with Gasteiger partial charge in [0.05, 0.1) is 25.7 Å². The van der Waals surface area contributed by atoms with Crippen molar-refractivity contribution in [3.63, 3.8) is 0 Å². The van der Waals surface area contributed by atoms with E-state index in [2.05, 4.69) is 17.2 Å². The Morgan fingerprint density at radius 1 is 1.19 bits per heavy atom. The Labute approximate surface area is 191 Å². The third-order valence-corrected chi connectivity index (χ3v) is 6.88. The Bertz CT molecular complexity index is 870. The highest BCUT2D eigenvalue weighted by Crippen LogP contribution is 2.32. The molecule has 0 bridgehead atoms. The summed E-state index contributed by atoms with van der Waals surface area (Å²) in [6.07, 6.45) is 3.35. The number of methoxy groups -OCH3 is 2. The molecule has 1 aromatic carbocycles. The van der Waals surface area contributed by atoms with Crippen LogP contribution in [0.15, 0.2) is 22.6 Å². The summed E-state index contributed by atoms with van der Waals surface area (Å²) in [7, 11) is 1.77. The summed E-state index contributed by atoms with van der Waals surface area (Å²) in [5, 5.41) is 2.84. The van der Waals surface area contributed by atoms with Crippen molar-refractivity contribution in [2.75, 3.05) is 38.0 Å². The van der Waals surface area contributed by atoms with Crippen molar-refractivity contribution in [2.45, 2.75) is 38.9 Å². The Morgan fingerprint density at radius 2 is 1.94 bits per heavy atom. The second-order valence-corrected chi connectivity index (χ2v) is 9.67. The van der Waals surface area contributed by atoms with E-state index in [0.29, 0.717) is 35.4 Å². The lowest BCUT2D eigenvalue weighted by atomic mass is 10.2. The molecule has 0 unspecified atom stereocenters. The van der Waals surface area contributed by atoms with Crippen LogP contribution in [0.4, 0.5) is 0 Å². The van der Waals surface area contributed by atoms with E-state index in [1.807, 2.05) is 17.8 Å². The number of aromatic nitrogens is 1. The highest BCUT2D eigenvalue weighted by Gasteiger charge is 2.17. The van der Waals surface area contributed by atoms with Gasteiger partial charge in [0.25, 0.3) is 0 Å². The number of ether oxygens (including phenoxy) is 2. The molecule has 2 aromatic rings. The highest BCUT2D eigenvalue weighted by molar-refractivity contribution is 7.99. The van der Waals surface area contributed by atoms with Crippen molar-refractivity contribution in [1.82, 2.24) is 10.3 Å². The number of nitrogens with zero attached hydrogens (tertiary/aromatic N) is 1. The minimum Gasteiger partial charge on any atom is -0.493 e. The molecule has 0 aliphatic carbocycles. The number of unbranched alkanes of at least 4 members (excludes halogenated alkanes) is 1. The van der Waals surface area contributed by atoms with Crippen LogP contribution in [-0.2, 0) is 21.3 Å². The van der Waals surface area contributed by atoms with Gasteiger partial charge in [-0.2, -0.15) is 11.8 Å². The lowest BCUT2D eigenvalue weighted by Crippen LogP contribution is -2.29. The lowest BCUT2D eigenvalue weighted by Gasteiger charge is -2.07. The second kappa shape index (κ2) is 13.4. The Morgan fingerprint density at radius 3 is 2.65 bits per heavy atom. The topological polar surface area (TPSA) is 90.7 Å². The summed E-state index contributed by atoms with van der Waals surface area (Å²) in [5.41, 5.74) is 1.32. The van der Waals surface area contributed by atoms with Crippen molar-refractivity contribution >= 4 is 28.5 Å². The van der Waals surface area contributed by atoms with Gasteiger partial charge in [-0.15, -0.1) is 0 Å². The van der Waals surface area contributed by atoms with Crippen LogP contribution in [0, 0.1) is 6.92 Å². The molecule has 1 N–H and O–H groups in total. The number of aryl methyl sites for hydroxylation is 1. The van der Waals surface area contributed by atoms with Gasteiger partial charge in [-0.1, -0.05) is 13.3 Å². The van der Waals surface area contributed by atoms with Gasteiger partial charge in [-0.3, -0.25) is 9.00 Å². The first kappa shape index (κ1) is 25.3. The predicted molar refractivity (Wildman–Crippen MR) is 126 cm³/mol. The molecule has 7 nitrogen and oxygen atoms in total. The average Bonchev–Trinajstić information content (AvgIpc) is 3.12. The zero-order valence-corrected chi connectivity index (χ0v) is 20.3. The van der Waals surface area contributed by atoms with E-state index in [-0.39, 0.29) is 17.4 Å². The Kier molecular flexibility index (Phi) is 10.9. The highest BCUT2D eigenvalue weighted by atomic mass is 32.2.